The van der Waals surface area contributed by atoms with Crippen LogP contribution in [0.5, 0.6) is 11.5 Å². The van der Waals surface area contributed by atoms with Crippen LogP contribution in [-0.2, 0) is 11.3 Å². The lowest BCUT2D eigenvalue weighted by atomic mass is 10.2. The molecule has 0 saturated heterocycles. The quantitative estimate of drug-likeness (QED) is 0.783. The molecule has 2 aromatic rings. The highest BCUT2D eigenvalue weighted by Gasteiger charge is 2.07. The van der Waals surface area contributed by atoms with Crippen molar-refractivity contribution in [3.05, 3.63) is 52.3 Å². The van der Waals surface area contributed by atoms with Gasteiger partial charge in [-0.2, -0.15) is 0 Å². The molecule has 1 N–H and O–H groups in total. The fourth-order valence-electron chi connectivity index (χ4n) is 1.76. The van der Waals surface area contributed by atoms with Gasteiger partial charge in [0.15, 0.2) is 0 Å². The van der Waals surface area contributed by atoms with E-state index in [0.717, 1.165) is 12.1 Å². The third-order valence-corrected chi connectivity index (χ3v) is 3.17. The van der Waals surface area contributed by atoms with E-state index in [1.165, 1.54) is 0 Å². The number of hydrogen-bond acceptors (Lipinski definition) is 4. The Kier molecular flexibility index (Phi) is 6.26. The van der Waals surface area contributed by atoms with Crippen molar-refractivity contribution in [3.63, 3.8) is 0 Å². The van der Waals surface area contributed by atoms with E-state index in [2.05, 4.69) is 10.3 Å². The van der Waals surface area contributed by atoms with Crippen LogP contribution in [-0.4, -0.2) is 25.2 Å². The molecule has 1 heterocycles. The van der Waals surface area contributed by atoms with Crippen molar-refractivity contribution < 1.29 is 9.47 Å². The lowest BCUT2D eigenvalue weighted by Crippen LogP contribution is -2.18. The maximum Gasteiger partial charge on any atom is 0.147 e. The van der Waals surface area contributed by atoms with E-state index in [-0.39, 0.29) is 0 Å². The molecule has 6 heteroatoms. The van der Waals surface area contributed by atoms with E-state index in [1.54, 1.807) is 31.6 Å². The Balaban J connectivity index is 2.10. The Bertz CT molecular complexity index is 594. The average Bonchev–Trinajstić information content (AvgIpc) is 2.46. The third kappa shape index (κ3) is 5.17. The smallest absolute Gasteiger partial charge is 0.147 e. The Labute approximate surface area is 134 Å². The van der Waals surface area contributed by atoms with Crippen LogP contribution in [0.15, 0.2) is 36.7 Å². The first-order valence-corrected chi connectivity index (χ1v) is 7.21. The number of benzene rings is 1. The zero-order valence-electron chi connectivity index (χ0n) is 11.6. The molecule has 0 aliphatic rings. The van der Waals surface area contributed by atoms with Gasteiger partial charge in [-0.3, -0.25) is 4.98 Å². The second kappa shape index (κ2) is 8.20. The molecule has 0 aliphatic carbocycles. The predicted octanol–water partition coefficient (Wildman–Crippen LogP) is 3.92. The predicted molar refractivity (Wildman–Crippen MR) is 84.4 cm³/mol. The average molecular weight is 327 g/mol. The number of ether oxygens (including phenoxy) is 2. The van der Waals surface area contributed by atoms with E-state index in [4.69, 9.17) is 32.7 Å². The zero-order chi connectivity index (χ0) is 15.1. The Morgan fingerprint density at radius 2 is 2.00 bits per heavy atom. The lowest BCUT2D eigenvalue weighted by molar-refractivity contribution is 0.199. The Hall–Kier alpha value is -1.33. The van der Waals surface area contributed by atoms with Gasteiger partial charge >= 0.3 is 0 Å². The topological polar surface area (TPSA) is 43.4 Å². The highest BCUT2D eigenvalue weighted by atomic mass is 35.5. The van der Waals surface area contributed by atoms with Gasteiger partial charge in [0.2, 0.25) is 0 Å². The van der Waals surface area contributed by atoms with Crippen molar-refractivity contribution in [1.29, 1.82) is 0 Å². The van der Waals surface area contributed by atoms with E-state index in [0.29, 0.717) is 34.7 Å². The van der Waals surface area contributed by atoms with Gasteiger partial charge in [0.05, 0.1) is 17.8 Å². The summed E-state index contributed by atoms with van der Waals surface area (Å²) in [7, 11) is 1.67. The minimum absolute atomic E-state index is 0.529. The maximum atomic E-state index is 6.04. The van der Waals surface area contributed by atoms with Gasteiger partial charge < -0.3 is 14.8 Å². The molecule has 2 rings (SSSR count). The molecule has 0 unspecified atom stereocenters. The molecular formula is C15H16Cl2N2O2. The SMILES string of the molecule is COCCNCc1cc(Cl)ccc1Oc1cncc(Cl)c1. The summed E-state index contributed by atoms with van der Waals surface area (Å²) in [5.74, 6) is 1.30. The van der Waals surface area contributed by atoms with E-state index in [9.17, 15) is 0 Å². The van der Waals surface area contributed by atoms with Crippen LogP contribution in [0.3, 0.4) is 0 Å². The summed E-state index contributed by atoms with van der Waals surface area (Å²) in [6.07, 6.45) is 3.17. The number of aromatic nitrogens is 1. The van der Waals surface area contributed by atoms with Crippen LogP contribution < -0.4 is 10.1 Å². The minimum Gasteiger partial charge on any atom is -0.455 e. The van der Waals surface area contributed by atoms with Crippen molar-refractivity contribution in [2.45, 2.75) is 6.54 Å². The minimum atomic E-state index is 0.529. The van der Waals surface area contributed by atoms with E-state index < -0.39 is 0 Å². The molecular weight excluding hydrogens is 311 g/mol. The molecule has 0 spiro atoms. The normalized spacial score (nSPS) is 10.6. The molecule has 0 fully saturated rings. The van der Waals surface area contributed by atoms with Crippen LogP contribution in [0.1, 0.15) is 5.56 Å². The molecule has 1 aromatic heterocycles. The summed E-state index contributed by atoms with van der Waals surface area (Å²) in [6.45, 7) is 2.03. The Morgan fingerprint density at radius 3 is 2.76 bits per heavy atom. The molecule has 112 valence electrons. The molecule has 4 nitrogen and oxygen atoms in total. The fraction of sp³-hybridized carbons (Fsp3) is 0.267. The number of methoxy groups -OCH3 is 1. The molecule has 0 bridgehead atoms. The van der Waals surface area contributed by atoms with Gasteiger partial charge in [-0.25, -0.2) is 0 Å². The van der Waals surface area contributed by atoms with Gasteiger partial charge in [-0.05, 0) is 18.2 Å². The maximum absolute atomic E-state index is 6.04. The van der Waals surface area contributed by atoms with Gasteiger partial charge in [0, 0.05) is 43.0 Å². The summed E-state index contributed by atoms with van der Waals surface area (Å²) in [6, 6.07) is 7.20. The van der Waals surface area contributed by atoms with Gasteiger partial charge in [-0.1, -0.05) is 23.2 Å². The first-order chi connectivity index (χ1) is 10.2. The molecule has 0 aliphatic heterocycles. The van der Waals surface area contributed by atoms with Crippen LogP contribution in [0.2, 0.25) is 10.0 Å². The molecule has 21 heavy (non-hydrogen) atoms. The lowest BCUT2D eigenvalue weighted by Gasteiger charge is -2.12. The van der Waals surface area contributed by atoms with Crippen LogP contribution in [0.25, 0.3) is 0 Å². The summed E-state index contributed by atoms with van der Waals surface area (Å²) in [5, 5.41) is 4.45. The summed E-state index contributed by atoms with van der Waals surface area (Å²) in [5.41, 5.74) is 0.957. The summed E-state index contributed by atoms with van der Waals surface area (Å²) in [4.78, 5) is 4.00. The monoisotopic (exact) mass is 326 g/mol. The highest BCUT2D eigenvalue weighted by Crippen LogP contribution is 2.28. The first kappa shape index (κ1) is 16.0. The van der Waals surface area contributed by atoms with Crippen LogP contribution >= 0.6 is 23.2 Å². The Morgan fingerprint density at radius 1 is 1.14 bits per heavy atom. The number of hydrogen-bond donors (Lipinski definition) is 1. The van der Waals surface area contributed by atoms with Crippen LogP contribution in [0, 0.1) is 0 Å². The molecule has 1 aromatic carbocycles. The highest BCUT2D eigenvalue weighted by molar-refractivity contribution is 6.30. The second-order valence-electron chi connectivity index (χ2n) is 4.36. The van der Waals surface area contributed by atoms with Crippen molar-refractivity contribution in [1.82, 2.24) is 10.3 Å². The van der Waals surface area contributed by atoms with Gasteiger partial charge in [-0.15, -0.1) is 0 Å². The third-order valence-electron chi connectivity index (χ3n) is 2.73. The van der Waals surface area contributed by atoms with Crippen molar-refractivity contribution in [3.8, 4) is 11.5 Å². The van der Waals surface area contributed by atoms with Crippen molar-refractivity contribution in [2.75, 3.05) is 20.3 Å². The fourth-order valence-corrected chi connectivity index (χ4v) is 2.12. The summed E-state index contributed by atoms with van der Waals surface area (Å²) < 4.78 is 10.8. The molecule has 0 atom stereocenters. The molecule has 0 saturated carbocycles. The number of nitrogens with zero attached hydrogens (tertiary/aromatic N) is 1. The first-order valence-electron chi connectivity index (χ1n) is 6.45. The summed E-state index contributed by atoms with van der Waals surface area (Å²) >= 11 is 11.9. The van der Waals surface area contributed by atoms with Crippen molar-refractivity contribution in [2.24, 2.45) is 0 Å². The standard InChI is InChI=1S/C15H16Cl2N2O2/c1-20-5-4-18-8-11-6-12(16)2-3-15(11)21-14-7-13(17)9-19-10-14/h2-3,6-7,9-10,18H,4-5,8H2,1H3. The second-order valence-corrected chi connectivity index (χ2v) is 5.24. The van der Waals surface area contributed by atoms with E-state index >= 15 is 0 Å². The number of halogens is 2. The number of nitrogens with one attached hydrogen (secondary N) is 1. The number of pyridine rings is 1. The largest absolute Gasteiger partial charge is 0.455 e. The van der Waals surface area contributed by atoms with Gasteiger partial charge in [0.25, 0.3) is 0 Å². The number of rotatable bonds is 7. The van der Waals surface area contributed by atoms with Crippen LogP contribution in [0.4, 0.5) is 0 Å². The molecule has 0 radical (unpaired) electrons. The van der Waals surface area contributed by atoms with E-state index in [1.807, 2.05) is 12.1 Å². The zero-order valence-corrected chi connectivity index (χ0v) is 13.1. The van der Waals surface area contributed by atoms with Crippen molar-refractivity contribution >= 4 is 23.2 Å². The van der Waals surface area contributed by atoms with Gasteiger partial charge in [0.1, 0.15) is 11.5 Å². The molecule has 0 amide bonds.